The number of hydrogen-bond acceptors (Lipinski definition) is 5. The molecule has 2 aliphatic carbocycles. The quantitative estimate of drug-likeness (QED) is 0.685. The number of halogens is 2. The fourth-order valence-electron chi connectivity index (χ4n) is 6.68. The lowest BCUT2D eigenvalue weighted by molar-refractivity contribution is -0.118. The zero-order valence-electron chi connectivity index (χ0n) is 19.0. The van der Waals surface area contributed by atoms with Crippen molar-refractivity contribution in [2.75, 3.05) is 13.6 Å². The molecule has 0 bridgehead atoms. The molecule has 2 unspecified atom stereocenters. The standard InChI is InChI=1S/C25H23ClFN3O5/c1-28-23(34)20-16-4-5-29(11-12-2-3-18(27)17(26)6-12)22(33)19(16)21(32)24(35)30(20)25(28)9-13-7-15(31)8-14(13)10-25/h2-3,6,13-14,32H,4-5,7-11H2,1H3. The fourth-order valence-corrected chi connectivity index (χ4v) is 6.88. The number of ketones is 1. The number of pyridine rings is 1. The molecule has 4 aliphatic rings. The van der Waals surface area contributed by atoms with Crippen LogP contribution in [0.25, 0.3) is 0 Å². The van der Waals surface area contributed by atoms with Gasteiger partial charge in [0.15, 0.2) is 5.75 Å². The molecule has 0 saturated heterocycles. The maximum absolute atomic E-state index is 13.5. The number of aromatic hydroxyl groups is 1. The molecule has 2 saturated carbocycles. The number of carbonyl (C=O) groups excluding carboxylic acids is 3. The summed E-state index contributed by atoms with van der Waals surface area (Å²) in [5.41, 5.74) is -0.698. The van der Waals surface area contributed by atoms with Gasteiger partial charge in [-0.15, -0.1) is 0 Å². The van der Waals surface area contributed by atoms with Gasteiger partial charge in [-0.1, -0.05) is 17.7 Å². The molecule has 35 heavy (non-hydrogen) atoms. The van der Waals surface area contributed by atoms with Gasteiger partial charge in [0.05, 0.1) is 10.6 Å². The molecular weight excluding hydrogens is 477 g/mol. The topological polar surface area (TPSA) is 99.9 Å². The van der Waals surface area contributed by atoms with Crippen LogP contribution in [0.5, 0.6) is 5.75 Å². The van der Waals surface area contributed by atoms with Crippen molar-refractivity contribution in [2.24, 2.45) is 11.8 Å². The Morgan fingerprint density at radius 2 is 1.80 bits per heavy atom. The Morgan fingerprint density at radius 1 is 1.11 bits per heavy atom. The van der Waals surface area contributed by atoms with Crippen molar-refractivity contribution >= 4 is 29.2 Å². The molecule has 6 rings (SSSR count). The van der Waals surface area contributed by atoms with E-state index in [1.807, 2.05) is 0 Å². The predicted octanol–water partition coefficient (Wildman–Crippen LogP) is 2.67. The van der Waals surface area contributed by atoms with E-state index >= 15 is 0 Å². The summed E-state index contributed by atoms with van der Waals surface area (Å²) in [6.07, 6.45) is 2.11. The first-order chi connectivity index (χ1) is 16.6. The lowest BCUT2D eigenvalue weighted by Crippen LogP contribution is -2.47. The van der Waals surface area contributed by atoms with Crippen LogP contribution in [-0.4, -0.2) is 50.7 Å². The Balaban J connectivity index is 1.42. The number of hydrogen-bond donors (Lipinski definition) is 1. The van der Waals surface area contributed by atoms with Gasteiger partial charge in [-0.05, 0) is 48.8 Å². The number of rotatable bonds is 2. The van der Waals surface area contributed by atoms with E-state index in [4.69, 9.17) is 11.6 Å². The third-order valence-electron chi connectivity index (χ3n) is 8.32. The van der Waals surface area contributed by atoms with Crippen molar-refractivity contribution in [1.82, 2.24) is 14.4 Å². The van der Waals surface area contributed by atoms with Crippen LogP contribution in [0.1, 0.15) is 57.7 Å². The lowest BCUT2D eigenvalue weighted by Gasteiger charge is -2.35. The molecule has 2 aliphatic heterocycles. The van der Waals surface area contributed by atoms with Crippen molar-refractivity contribution in [2.45, 2.75) is 44.3 Å². The van der Waals surface area contributed by atoms with E-state index in [-0.39, 0.29) is 59.3 Å². The zero-order valence-corrected chi connectivity index (χ0v) is 19.8. The maximum Gasteiger partial charge on any atom is 0.296 e. The van der Waals surface area contributed by atoms with Crippen molar-refractivity contribution < 1.29 is 23.9 Å². The van der Waals surface area contributed by atoms with Gasteiger partial charge in [0.25, 0.3) is 17.4 Å². The average Bonchev–Trinajstić information content (AvgIpc) is 3.40. The fraction of sp³-hybridized carbons (Fsp3) is 0.440. The number of Topliss-reactive ketones (excluding diaryl/α,β-unsaturated/α-hetero) is 1. The second kappa shape index (κ2) is 7.40. The Bertz CT molecular complexity index is 1390. The molecule has 3 heterocycles. The minimum Gasteiger partial charge on any atom is -0.502 e. The normalized spacial score (nSPS) is 27.1. The van der Waals surface area contributed by atoms with Gasteiger partial charge in [0.1, 0.15) is 23.0 Å². The van der Waals surface area contributed by atoms with Crippen LogP contribution in [0.2, 0.25) is 5.02 Å². The van der Waals surface area contributed by atoms with Crippen molar-refractivity contribution in [3.8, 4) is 5.75 Å². The molecule has 1 N–H and O–H groups in total. The highest BCUT2D eigenvalue weighted by Crippen LogP contribution is 2.54. The van der Waals surface area contributed by atoms with E-state index in [1.165, 1.54) is 27.7 Å². The molecule has 8 nitrogen and oxygen atoms in total. The summed E-state index contributed by atoms with van der Waals surface area (Å²) in [5.74, 6) is -1.75. The highest BCUT2D eigenvalue weighted by atomic mass is 35.5. The summed E-state index contributed by atoms with van der Waals surface area (Å²) < 4.78 is 14.9. The van der Waals surface area contributed by atoms with E-state index in [0.717, 1.165) is 0 Å². The number of benzene rings is 1. The third kappa shape index (κ3) is 2.97. The first-order valence-electron chi connectivity index (χ1n) is 11.7. The van der Waals surface area contributed by atoms with Gasteiger partial charge in [-0.3, -0.25) is 23.7 Å². The van der Waals surface area contributed by atoms with E-state index in [2.05, 4.69) is 0 Å². The van der Waals surface area contributed by atoms with Gasteiger partial charge in [-0.2, -0.15) is 0 Å². The number of nitrogens with zero attached hydrogens (tertiary/aromatic N) is 3. The summed E-state index contributed by atoms with van der Waals surface area (Å²) >= 11 is 5.87. The van der Waals surface area contributed by atoms with Crippen LogP contribution in [0, 0.1) is 17.7 Å². The molecule has 2 amide bonds. The van der Waals surface area contributed by atoms with E-state index < -0.39 is 28.7 Å². The molecule has 1 aromatic carbocycles. The number of amides is 2. The molecule has 0 radical (unpaired) electrons. The zero-order chi connectivity index (χ0) is 24.8. The molecule has 1 aromatic heterocycles. The summed E-state index contributed by atoms with van der Waals surface area (Å²) in [6.45, 7) is 0.376. The second-order valence-corrected chi connectivity index (χ2v) is 10.5. The van der Waals surface area contributed by atoms with Gasteiger partial charge in [0.2, 0.25) is 0 Å². The Labute approximate surface area is 204 Å². The van der Waals surface area contributed by atoms with Crippen LogP contribution in [0.4, 0.5) is 4.39 Å². The summed E-state index contributed by atoms with van der Waals surface area (Å²) in [7, 11) is 1.65. The average molecular weight is 500 g/mol. The molecule has 1 spiro atoms. The van der Waals surface area contributed by atoms with Crippen molar-refractivity contribution in [3.63, 3.8) is 0 Å². The third-order valence-corrected chi connectivity index (χ3v) is 8.61. The van der Waals surface area contributed by atoms with Crippen LogP contribution in [0.3, 0.4) is 0 Å². The van der Waals surface area contributed by atoms with Gasteiger partial charge >= 0.3 is 0 Å². The van der Waals surface area contributed by atoms with Gasteiger partial charge in [-0.25, -0.2) is 4.39 Å². The Hall–Kier alpha value is -3.20. The predicted molar refractivity (Wildman–Crippen MR) is 123 cm³/mol. The molecule has 2 fully saturated rings. The summed E-state index contributed by atoms with van der Waals surface area (Å²) in [6, 6.07) is 4.17. The van der Waals surface area contributed by atoms with Crippen LogP contribution >= 0.6 is 11.6 Å². The molecule has 2 aromatic rings. The summed E-state index contributed by atoms with van der Waals surface area (Å²) in [4.78, 5) is 55.3. The van der Waals surface area contributed by atoms with Crippen LogP contribution < -0.4 is 5.56 Å². The van der Waals surface area contributed by atoms with Crippen molar-refractivity contribution in [3.05, 3.63) is 61.8 Å². The number of fused-ring (bicyclic) bond motifs is 5. The van der Waals surface area contributed by atoms with Gasteiger partial charge < -0.3 is 14.9 Å². The van der Waals surface area contributed by atoms with Crippen molar-refractivity contribution in [1.29, 1.82) is 0 Å². The highest BCUT2D eigenvalue weighted by molar-refractivity contribution is 6.30. The van der Waals surface area contributed by atoms with Crippen LogP contribution in [0.15, 0.2) is 23.0 Å². The Kier molecular flexibility index (Phi) is 4.71. The van der Waals surface area contributed by atoms with E-state index in [1.54, 1.807) is 11.9 Å². The van der Waals surface area contributed by atoms with Gasteiger partial charge in [0, 0.05) is 38.5 Å². The monoisotopic (exact) mass is 499 g/mol. The maximum atomic E-state index is 13.5. The summed E-state index contributed by atoms with van der Waals surface area (Å²) in [5, 5.41) is 10.9. The lowest BCUT2D eigenvalue weighted by atomic mass is 9.95. The van der Waals surface area contributed by atoms with E-state index in [9.17, 15) is 28.7 Å². The minimum atomic E-state index is -0.933. The molecule has 2 atom stereocenters. The van der Waals surface area contributed by atoms with E-state index in [0.29, 0.717) is 36.8 Å². The smallest absolute Gasteiger partial charge is 0.296 e. The number of carbonyl (C=O) groups is 3. The second-order valence-electron chi connectivity index (χ2n) is 10.1. The largest absolute Gasteiger partial charge is 0.502 e. The molecular formula is C25H23ClFN3O5. The van der Waals surface area contributed by atoms with Crippen LogP contribution in [-0.2, 0) is 23.4 Å². The Morgan fingerprint density at radius 3 is 2.46 bits per heavy atom. The first-order valence-corrected chi connectivity index (χ1v) is 12.0. The highest BCUT2D eigenvalue weighted by Gasteiger charge is 2.59. The first kappa shape index (κ1) is 22.3. The number of aromatic nitrogens is 1. The molecule has 182 valence electrons. The molecule has 10 heteroatoms. The SMILES string of the molecule is CN1C(=O)c2c3c(c(O)c(=O)n2C12CC1CC(=O)CC1C2)C(=O)N(Cc1ccc(F)c(Cl)c1)CC3. The minimum absolute atomic E-state index is 0.0618.